The van der Waals surface area contributed by atoms with E-state index in [-0.39, 0.29) is 10.8 Å². The lowest BCUT2D eigenvalue weighted by molar-refractivity contribution is -0.122. The fourth-order valence-corrected chi connectivity index (χ4v) is 3.85. The van der Waals surface area contributed by atoms with Crippen LogP contribution in [-0.2, 0) is 14.8 Å². The van der Waals surface area contributed by atoms with Gasteiger partial charge in [0.25, 0.3) is 0 Å². The Bertz CT molecular complexity index is 603. The Morgan fingerprint density at radius 1 is 1.24 bits per heavy atom. The van der Waals surface area contributed by atoms with Crippen LogP contribution in [0.3, 0.4) is 0 Å². The van der Waals surface area contributed by atoms with Gasteiger partial charge < -0.3 is 10.6 Å². The average molecular weight is 313 g/mol. The normalized spacial score (nSPS) is 12.8. The van der Waals surface area contributed by atoms with Gasteiger partial charge in [0, 0.05) is 19.3 Å². The summed E-state index contributed by atoms with van der Waals surface area (Å²) in [6.45, 7) is 7.23. The SMILES string of the molecule is CCNC(=O)C(C)NS(=O)(=O)c1c(C)cc(NC)cc1C. The molecule has 0 spiro atoms. The van der Waals surface area contributed by atoms with E-state index >= 15 is 0 Å². The standard InChI is InChI=1S/C14H23N3O3S/c1-6-16-14(18)11(4)17-21(19,20)13-9(2)7-12(15-5)8-10(13)3/h7-8,11,15,17H,6H2,1-5H3,(H,16,18). The summed E-state index contributed by atoms with van der Waals surface area (Å²) < 4.78 is 27.4. The van der Waals surface area contributed by atoms with Crippen LogP contribution in [0.25, 0.3) is 0 Å². The Kier molecular flexibility index (Phi) is 5.74. The van der Waals surface area contributed by atoms with Crippen LogP contribution in [0, 0.1) is 13.8 Å². The number of hydrogen-bond donors (Lipinski definition) is 3. The molecule has 1 aromatic carbocycles. The summed E-state index contributed by atoms with van der Waals surface area (Å²) in [5, 5.41) is 5.57. The largest absolute Gasteiger partial charge is 0.388 e. The maximum Gasteiger partial charge on any atom is 0.241 e. The molecule has 3 N–H and O–H groups in total. The fraction of sp³-hybridized carbons (Fsp3) is 0.500. The smallest absolute Gasteiger partial charge is 0.241 e. The molecule has 1 amide bonds. The van der Waals surface area contributed by atoms with Gasteiger partial charge in [-0.3, -0.25) is 4.79 Å². The minimum Gasteiger partial charge on any atom is -0.388 e. The highest BCUT2D eigenvalue weighted by Crippen LogP contribution is 2.24. The van der Waals surface area contributed by atoms with Gasteiger partial charge in [-0.25, -0.2) is 8.42 Å². The van der Waals surface area contributed by atoms with E-state index in [1.54, 1.807) is 40.0 Å². The summed E-state index contributed by atoms with van der Waals surface area (Å²) in [7, 11) is -1.97. The molecule has 6 nitrogen and oxygen atoms in total. The number of carbonyl (C=O) groups excluding carboxylic acids is 1. The van der Waals surface area contributed by atoms with Crippen LogP contribution in [0.15, 0.2) is 17.0 Å². The molecule has 1 atom stereocenters. The third-order valence-electron chi connectivity index (χ3n) is 3.09. The van der Waals surface area contributed by atoms with Crippen molar-refractivity contribution in [3.63, 3.8) is 0 Å². The lowest BCUT2D eigenvalue weighted by Crippen LogP contribution is -2.44. The van der Waals surface area contributed by atoms with Crippen molar-refractivity contribution in [2.75, 3.05) is 18.9 Å². The molecule has 21 heavy (non-hydrogen) atoms. The highest BCUT2D eigenvalue weighted by Gasteiger charge is 2.25. The Morgan fingerprint density at radius 2 is 1.76 bits per heavy atom. The van der Waals surface area contributed by atoms with Crippen LogP contribution in [-0.4, -0.2) is 34.0 Å². The molecule has 0 fully saturated rings. The number of benzene rings is 1. The van der Waals surface area contributed by atoms with E-state index in [2.05, 4.69) is 15.4 Å². The van der Waals surface area contributed by atoms with E-state index in [9.17, 15) is 13.2 Å². The Hall–Kier alpha value is -1.60. The predicted molar refractivity (Wildman–Crippen MR) is 83.9 cm³/mol. The van der Waals surface area contributed by atoms with Gasteiger partial charge in [-0.2, -0.15) is 4.72 Å². The molecule has 118 valence electrons. The first-order chi connectivity index (χ1) is 9.72. The van der Waals surface area contributed by atoms with Crippen LogP contribution in [0.5, 0.6) is 0 Å². The minimum absolute atomic E-state index is 0.220. The number of sulfonamides is 1. The summed E-state index contributed by atoms with van der Waals surface area (Å²) in [5.41, 5.74) is 2.12. The first-order valence-electron chi connectivity index (χ1n) is 6.82. The molecule has 0 radical (unpaired) electrons. The number of nitrogens with one attached hydrogen (secondary N) is 3. The highest BCUT2D eigenvalue weighted by molar-refractivity contribution is 7.89. The molecular weight excluding hydrogens is 290 g/mol. The quantitative estimate of drug-likeness (QED) is 0.735. The molecule has 0 bridgehead atoms. The molecular formula is C14H23N3O3S. The van der Waals surface area contributed by atoms with Gasteiger partial charge >= 0.3 is 0 Å². The van der Waals surface area contributed by atoms with E-state index in [0.29, 0.717) is 17.7 Å². The van der Waals surface area contributed by atoms with Gasteiger partial charge in [0.05, 0.1) is 10.9 Å². The molecule has 1 unspecified atom stereocenters. The Morgan fingerprint density at radius 3 is 2.19 bits per heavy atom. The van der Waals surface area contributed by atoms with Gasteiger partial charge in [-0.05, 0) is 51.0 Å². The van der Waals surface area contributed by atoms with Gasteiger partial charge in [-0.15, -0.1) is 0 Å². The molecule has 1 aromatic rings. The Labute approximate surface area is 126 Å². The van der Waals surface area contributed by atoms with Gasteiger partial charge in [-0.1, -0.05) is 0 Å². The van der Waals surface area contributed by atoms with Crippen molar-refractivity contribution in [1.82, 2.24) is 10.0 Å². The lowest BCUT2D eigenvalue weighted by Gasteiger charge is -2.17. The second-order valence-corrected chi connectivity index (χ2v) is 6.58. The van der Waals surface area contributed by atoms with Crippen LogP contribution in [0.1, 0.15) is 25.0 Å². The monoisotopic (exact) mass is 313 g/mol. The zero-order chi connectivity index (χ0) is 16.2. The first kappa shape index (κ1) is 17.5. The molecule has 1 rings (SSSR count). The summed E-state index contributed by atoms with van der Waals surface area (Å²) in [4.78, 5) is 11.9. The number of aryl methyl sites for hydroxylation is 2. The summed E-state index contributed by atoms with van der Waals surface area (Å²) in [6, 6.07) is 2.70. The third kappa shape index (κ3) is 4.18. The minimum atomic E-state index is -3.75. The fourth-order valence-electron chi connectivity index (χ4n) is 2.19. The zero-order valence-corrected chi connectivity index (χ0v) is 13.9. The molecule has 0 saturated heterocycles. The first-order valence-corrected chi connectivity index (χ1v) is 8.30. The third-order valence-corrected chi connectivity index (χ3v) is 4.94. The van der Waals surface area contributed by atoms with Crippen LogP contribution in [0.2, 0.25) is 0 Å². The lowest BCUT2D eigenvalue weighted by atomic mass is 10.1. The highest BCUT2D eigenvalue weighted by atomic mass is 32.2. The number of likely N-dealkylation sites (N-methyl/N-ethyl adjacent to an activating group) is 1. The topological polar surface area (TPSA) is 87.3 Å². The number of hydrogen-bond acceptors (Lipinski definition) is 4. The van der Waals surface area contributed by atoms with Gasteiger partial charge in [0.15, 0.2) is 0 Å². The summed E-state index contributed by atoms with van der Waals surface area (Å²) >= 11 is 0. The Balaban J connectivity index is 3.12. The van der Waals surface area contributed by atoms with Crippen LogP contribution < -0.4 is 15.4 Å². The molecule has 0 saturated carbocycles. The maximum atomic E-state index is 12.5. The molecule has 0 aliphatic rings. The second-order valence-electron chi connectivity index (χ2n) is 4.93. The van der Waals surface area contributed by atoms with E-state index < -0.39 is 16.1 Å². The predicted octanol–water partition coefficient (Wildman–Crippen LogP) is 1.15. The van der Waals surface area contributed by atoms with Crippen molar-refractivity contribution in [1.29, 1.82) is 0 Å². The van der Waals surface area contributed by atoms with Crippen molar-refractivity contribution >= 4 is 21.6 Å². The van der Waals surface area contributed by atoms with Crippen LogP contribution >= 0.6 is 0 Å². The average Bonchev–Trinajstić information content (AvgIpc) is 2.36. The second kappa shape index (κ2) is 6.91. The summed E-state index contributed by atoms with van der Waals surface area (Å²) in [5.74, 6) is -0.344. The van der Waals surface area contributed by atoms with Gasteiger partial charge in [0.1, 0.15) is 0 Å². The zero-order valence-electron chi connectivity index (χ0n) is 13.1. The van der Waals surface area contributed by atoms with Gasteiger partial charge in [0.2, 0.25) is 15.9 Å². The van der Waals surface area contributed by atoms with E-state index in [0.717, 1.165) is 5.69 Å². The van der Waals surface area contributed by atoms with E-state index in [4.69, 9.17) is 0 Å². The molecule has 7 heteroatoms. The van der Waals surface area contributed by atoms with Crippen molar-refractivity contribution in [2.45, 2.75) is 38.6 Å². The molecule has 0 heterocycles. The number of rotatable bonds is 6. The van der Waals surface area contributed by atoms with Crippen LogP contribution in [0.4, 0.5) is 5.69 Å². The number of anilines is 1. The van der Waals surface area contributed by atoms with E-state index in [1.807, 2.05) is 0 Å². The van der Waals surface area contributed by atoms with E-state index in [1.165, 1.54) is 6.92 Å². The summed E-state index contributed by atoms with van der Waals surface area (Å²) in [6.07, 6.45) is 0. The van der Waals surface area contributed by atoms with Crippen molar-refractivity contribution < 1.29 is 13.2 Å². The number of carbonyl (C=O) groups is 1. The number of amides is 1. The molecule has 0 aliphatic heterocycles. The molecule has 0 aliphatic carbocycles. The maximum absolute atomic E-state index is 12.5. The van der Waals surface area contributed by atoms with Crippen molar-refractivity contribution in [2.24, 2.45) is 0 Å². The molecule has 0 aromatic heterocycles. The van der Waals surface area contributed by atoms with Crippen molar-refractivity contribution in [3.8, 4) is 0 Å². The van der Waals surface area contributed by atoms with Crippen molar-refractivity contribution in [3.05, 3.63) is 23.3 Å².